The molecule has 4 atom stereocenters. The van der Waals surface area contributed by atoms with Gasteiger partial charge < -0.3 is 11.1 Å². The second-order valence-corrected chi connectivity index (χ2v) is 8.47. The van der Waals surface area contributed by atoms with E-state index >= 15 is 0 Å². The first-order chi connectivity index (χ1) is 15.7. The fourth-order valence-corrected chi connectivity index (χ4v) is 5.39. The number of imide groups is 1. The molecule has 0 bridgehead atoms. The molecule has 3 heterocycles. The highest BCUT2D eigenvalue weighted by Gasteiger charge is 2.70. The third-order valence-electron chi connectivity index (χ3n) is 6.68. The maximum Gasteiger partial charge on any atom is 0.269 e. The van der Waals surface area contributed by atoms with E-state index in [0.717, 1.165) is 4.90 Å². The predicted octanol–water partition coefficient (Wildman–Crippen LogP) is 0.704. The fourth-order valence-electron chi connectivity index (χ4n) is 5.39. The van der Waals surface area contributed by atoms with Crippen molar-refractivity contribution in [2.75, 3.05) is 10.2 Å². The number of benzene rings is 2. The van der Waals surface area contributed by atoms with Crippen LogP contribution in [0, 0.1) is 28.9 Å². The molecule has 0 saturated carbocycles. The van der Waals surface area contributed by atoms with Crippen molar-refractivity contribution < 1.29 is 24.1 Å². The van der Waals surface area contributed by atoms with Gasteiger partial charge in [0.2, 0.25) is 23.6 Å². The van der Waals surface area contributed by atoms with Gasteiger partial charge in [0.25, 0.3) is 5.69 Å². The van der Waals surface area contributed by atoms with Crippen molar-refractivity contribution in [3.63, 3.8) is 0 Å². The molecule has 2 fully saturated rings. The molecule has 2 aromatic carbocycles. The predicted molar refractivity (Wildman–Crippen MR) is 115 cm³/mol. The number of hydrogen-bond donors (Lipinski definition) is 3. The standard InChI is InChI=1S/C22H19N5O6/c1-10-8-11(27(32)33)6-7-15(10)26-19(29)17-14(9-16(23)28)25-22(18(17)20(26)30)12-4-2-3-5-13(12)24-21(22)31/h2-8,14,17-18,25H,9H2,1H3,(H2,23,28)(H,24,31)/t14-,17-,18-,22+/m0/s1. The highest BCUT2D eigenvalue weighted by Crippen LogP contribution is 2.54. The molecular formula is C22H19N5O6. The van der Waals surface area contributed by atoms with Crippen LogP contribution in [0.25, 0.3) is 0 Å². The Morgan fingerprint density at radius 1 is 1.18 bits per heavy atom. The van der Waals surface area contributed by atoms with E-state index in [-0.39, 0.29) is 17.8 Å². The smallest absolute Gasteiger partial charge is 0.269 e. The number of carbonyl (C=O) groups excluding carboxylic acids is 4. The fraction of sp³-hybridized carbons (Fsp3) is 0.273. The van der Waals surface area contributed by atoms with Crippen LogP contribution in [0.15, 0.2) is 42.5 Å². The number of nitro benzene ring substituents is 1. The maximum atomic E-state index is 13.8. The number of nitro groups is 1. The molecule has 3 aliphatic rings. The van der Waals surface area contributed by atoms with E-state index in [1.807, 2.05) is 0 Å². The van der Waals surface area contributed by atoms with Gasteiger partial charge >= 0.3 is 0 Å². The minimum atomic E-state index is -1.54. The summed E-state index contributed by atoms with van der Waals surface area (Å²) in [5.74, 6) is -4.51. The van der Waals surface area contributed by atoms with E-state index in [1.165, 1.54) is 18.2 Å². The van der Waals surface area contributed by atoms with Crippen LogP contribution in [0.1, 0.15) is 17.5 Å². The van der Waals surface area contributed by atoms with Gasteiger partial charge in [-0.05, 0) is 24.6 Å². The molecule has 4 amide bonds. The second kappa shape index (κ2) is 6.94. The second-order valence-electron chi connectivity index (χ2n) is 8.47. The number of nitrogens with zero attached hydrogens (tertiary/aromatic N) is 2. The van der Waals surface area contributed by atoms with Crippen LogP contribution >= 0.6 is 0 Å². The number of para-hydroxylation sites is 1. The number of rotatable bonds is 4. The molecule has 1 spiro atoms. The molecule has 0 aliphatic carbocycles. The van der Waals surface area contributed by atoms with Gasteiger partial charge in [-0.3, -0.25) is 34.6 Å². The molecule has 4 N–H and O–H groups in total. The van der Waals surface area contributed by atoms with Crippen molar-refractivity contribution in [3.05, 3.63) is 63.7 Å². The van der Waals surface area contributed by atoms with Crippen LogP contribution in [0.4, 0.5) is 17.1 Å². The van der Waals surface area contributed by atoms with Gasteiger partial charge in [0.15, 0.2) is 0 Å². The SMILES string of the molecule is Cc1cc([N+](=O)[O-])ccc1N1C(=O)[C@H]2[C@H](CC(N)=O)N[C@@]3(C(=O)Nc4ccccc43)[C@@H]2C1=O. The summed E-state index contributed by atoms with van der Waals surface area (Å²) in [4.78, 5) is 63.9. The summed E-state index contributed by atoms with van der Waals surface area (Å²) in [6, 6.07) is 9.83. The Kier molecular flexibility index (Phi) is 4.37. The van der Waals surface area contributed by atoms with Crippen LogP contribution in [0.3, 0.4) is 0 Å². The average Bonchev–Trinajstić information content (AvgIpc) is 3.33. The van der Waals surface area contributed by atoms with Crippen molar-refractivity contribution in [2.24, 2.45) is 17.6 Å². The third-order valence-corrected chi connectivity index (χ3v) is 6.68. The van der Waals surface area contributed by atoms with Crippen molar-refractivity contribution in [2.45, 2.75) is 24.9 Å². The molecule has 0 unspecified atom stereocenters. The molecule has 11 nitrogen and oxygen atoms in total. The lowest BCUT2D eigenvalue weighted by Crippen LogP contribution is -2.53. The molecule has 3 aliphatic heterocycles. The Balaban J connectivity index is 1.66. The average molecular weight is 449 g/mol. The van der Waals surface area contributed by atoms with Crippen molar-refractivity contribution >= 4 is 40.7 Å². The van der Waals surface area contributed by atoms with Crippen LogP contribution in [-0.4, -0.2) is 34.6 Å². The lowest BCUT2D eigenvalue weighted by molar-refractivity contribution is -0.384. The molecule has 11 heteroatoms. The van der Waals surface area contributed by atoms with Crippen LogP contribution in [0.5, 0.6) is 0 Å². The van der Waals surface area contributed by atoms with E-state index in [1.54, 1.807) is 31.2 Å². The first-order valence-corrected chi connectivity index (χ1v) is 10.3. The van der Waals surface area contributed by atoms with Gasteiger partial charge in [0.1, 0.15) is 5.54 Å². The van der Waals surface area contributed by atoms with E-state index < -0.39 is 52.0 Å². The molecule has 168 valence electrons. The number of aryl methyl sites for hydroxylation is 1. The van der Waals surface area contributed by atoms with Crippen molar-refractivity contribution in [3.8, 4) is 0 Å². The molecular weight excluding hydrogens is 430 g/mol. The number of amides is 4. The van der Waals surface area contributed by atoms with Gasteiger partial charge in [-0.1, -0.05) is 18.2 Å². The largest absolute Gasteiger partial charge is 0.370 e. The first-order valence-electron chi connectivity index (χ1n) is 10.3. The summed E-state index contributed by atoms with van der Waals surface area (Å²) in [5.41, 5.74) is 5.28. The number of primary amides is 1. The Morgan fingerprint density at radius 3 is 2.58 bits per heavy atom. The number of anilines is 2. The minimum absolute atomic E-state index is 0.177. The first kappa shape index (κ1) is 20.8. The molecule has 33 heavy (non-hydrogen) atoms. The zero-order valence-electron chi connectivity index (χ0n) is 17.4. The van der Waals surface area contributed by atoms with Crippen LogP contribution < -0.4 is 21.3 Å². The van der Waals surface area contributed by atoms with Crippen LogP contribution in [-0.2, 0) is 24.7 Å². The Hall–Kier alpha value is -4.12. The molecule has 2 saturated heterocycles. The number of nitrogens with two attached hydrogens (primary N) is 1. The highest BCUT2D eigenvalue weighted by molar-refractivity contribution is 6.26. The summed E-state index contributed by atoms with van der Waals surface area (Å²) in [6.07, 6.45) is -0.246. The third kappa shape index (κ3) is 2.72. The zero-order chi connectivity index (χ0) is 23.7. The van der Waals surface area contributed by atoms with E-state index in [0.29, 0.717) is 16.8 Å². The quantitative estimate of drug-likeness (QED) is 0.351. The summed E-state index contributed by atoms with van der Waals surface area (Å²) < 4.78 is 0. The van der Waals surface area contributed by atoms with Gasteiger partial charge in [-0.2, -0.15) is 0 Å². The normalized spacial score (nSPS) is 27.6. The molecule has 0 aromatic heterocycles. The van der Waals surface area contributed by atoms with E-state index in [9.17, 15) is 29.3 Å². The highest BCUT2D eigenvalue weighted by atomic mass is 16.6. The van der Waals surface area contributed by atoms with E-state index in [2.05, 4.69) is 10.6 Å². The molecule has 0 radical (unpaired) electrons. The Bertz CT molecular complexity index is 1280. The zero-order valence-corrected chi connectivity index (χ0v) is 17.4. The summed E-state index contributed by atoms with van der Waals surface area (Å²) in [5, 5.41) is 17.0. The van der Waals surface area contributed by atoms with Gasteiger partial charge in [0.05, 0.1) is 22.4 Å². The lowest BCUT2D eigenvalue weighted by Gasteiger charge is -2.29. The summed E-state index contributed by atoms with van der Waals surface area (Å²) in [7, 11) is 0. The van der Waals surface area contributed by atoms with Gasteiger partial charge in [-0.15, -0.1) is 0 Å². The van der Waals surface area contributed by atoms with Crippen LogP contribution in [0.2, 0.25) is 0 Å². The topological polar surface area (TPSA) is 165 Å². The molecule has 5 rings (SSSR count). The van der Waals surface area contributed by atoms with Gasteiger partial charge in [-0.25, -0.2) is 4.90 Å². The Morgan fingerprint density at radius 2 is 1.91 bits per heavy atom. The Labute approximate surface area is 187 Å². The number of nitrogens with one attached hydrogen (secondary N) is 2. The summed E-state index contributed by atoms with van der Waals surface area (Å²) in [6.45, 7) is 1.56. The number of fused-ring (bicyclic) bond motifs is 4. The lowest BCUT2D eigenvalue weighted by atomic mass is 9.76. The number of carbonyl (C=O) groups is 4. The van der Waals surface area contributed by atoms with Crippen molar-refractivity contribution in [1.29, 1.82) is 0 Å². The number of hydrogen-bond acceptors (Lipinski definition) is 7. The molecule has 2 aromatic rings. The minimum Gasteiger partial charge on any atom is -0.370 e. The van der Waals surface area contributed by atoms with Crippen molar-refractivity contribution in [1.82, 2.24) is 5.32 Å². The maximum absolute atomic E-state index is 13.8. The van der Waals surface area contributed by atoms with Gasteiger partial charge in [0, 0.05) is 35.8 Å². The summed E-state index contributed by atoms with van der Waals surface area (Å²) >= 11 is 0. The monoisotopic (exact) mass is 449 g/mol. The van der Waals surface area contributed by atoms with E-state index in [4.69, 9.17) is 5.73 Å². The number of non-ortho nitro benzene ring substituents is 1.